The number of fused-ring (bicyclic) bond motifs is 1. The summed E-state index contributed by atoms with van der Waals surface area (Å²) in [6, 6.07) is 18.6. The molecule has 0 aliphatic carbocycles. The van der Waals surface area contributed by atoms with Crippen molar-refractivity contribution in [3.8, 4) is 5.75 Å². The molecule has 2 N–H and O–H groups in total. The highest BCUT2D eigenvalue weighted by Gasteiger charge is 2.61. The Morgan fingerprint density at radius 3 is 2.56 bits per heavy atom. The normalized spacial score (nSPS) is 22.9. The van der Waals surface area contributed by atoms with Gasteiger partial charge in [0.2, 0.25) is 0 Å². The van der Waals surface area contributed by atoms with Crippen molar-refractivity contribution >= 4 is 17.6 Å². The molecule has 0 aromatic heterocycles. The second kappa shape index (κ2) is 8.45. The topological polar surface area (TPSA) is 84.9 Å². The predicted molar refractivity (Wildman–Crippen MR) is 132 cm³/mol. The highest BCUT2D eigenvalue weighted by molar-refractivity contribution is 5.99. The van der Waals surface area contributed by atoms with Gasteiger partial charge in [-0.3, -0.25) is 4.79 Å². The van der Waals surface area contributed by atoms with Gasteiger partial charge in [-0.1, -0.05) is 44.2 Å². The van der Waals surface area contributed by atoms with Gasteiger partial charge in [0.15, 0.2) is 5.60 Å². The van der Waals surface area contributed by atoms with Crippen molar-refractivity contribution in [2.75, 3.05) is 5.32 Å². The van der Waals surface area contributed by atoms with Crippen molar-refractivity contribution in [2.24, 2.45) is 0 Å². The van der Waals surface area contributed by atoms with Crippen molar-refractivity contribution in [1.29, 1.82) is 0 Å². The van der Waals surface area contributed by atoms with Gasteiger partial charge in [0.25, 0.3) is 5.91 Å². The Labute approximate surface area is 209 Å². The number of benzene rings is 3. The molecule has 3 aromatic carbocycles. The number of carbonyl (C=O) groups is 2. The van der Waals surface area contributed by atoms with E-state index in [2.05, 4.69) is 5.32 Å². The van der Waals surface area contributed by atoms with Crippen LogP contribution in [0.1, 0.15) is 60.7 Å². The first-order valence-electron chi connectivity index (χ1n) is 11.9. The number of anilines is 1. The number of phenolic OH excluding ortho intramolecular Hbond substituents is 1. The van der Waals surface area contributed by atoms with Gasteiger partial charge in [0.05, 0.1) is 11.2 Å². The average molecular weight is 490 g/mol. The third-order valence-corrected chi connectivity index (χ3v) is 7.21. The summed E-state index contributed by atoms with van der Waals surface area (Å²) in [5.41, 5.74) is 0.365. The molecule has 3 aromatic rings. The highest BCUT2D eigenvalue weighted by Crippen LogP contribution is 2.55. The molecule has 1 amide bonds. The summed E-state index contributed by atoms with van der Waals surface area (Å²) in [5.74, 6) is -1.30. The van der Waals surface area contributed by atoms with Crippen LogP contribution in [-0.2, 0) is 31.9 Å². The number of hydrogen-bond donors (Lipinski definition) is 2. The van der Waals surface area contributed by atoms with E-state index in [1.807, 2.05) is 44.2 Å². The Morgan fingerprint density at radius 1 is 1.11 bits per heavy atom. The molecule has 0 radical (unpaired) electrons. The number of halogens is 1. The van der Waals surface area contributed by atoms with E-state index in [0.717, 1.165) is 5.56 Å². The number of amides is 1. The minimum atomic E-state index is -1.24. The van der Waals surface area contributed by atoms with Crippen LogP contribution in [-0.4, -0.2) is 22.6 Å². The van der Waals surface area contributed by atoms with Gasteiger partial charge in [0.1, 0.15) is 18.2 Å². The summed E-state index contributed by atoms with van der Waals surface area (Å²) < 4.78 is 25.5. The molecule has 6 nitrogen and oxygen atoms in total. The Morgan fingerprint density at radius 2 is 1.83 bits per heavy atom. The summed E-state index contributed by atoms with van der Waals surface area (Å²) in [7, 11) is 0. The zero-order chi connectivity index (χ0) is 25.7. The molecule has 2 heterocycles. The largest absolute Gasteiger partial charge is 0.508 e. The lowest BCUT2D eigenvalue weighted by atomic mass is 9.66. The van der Waals surface area contributed by atoms with Crippen molar-refractivity contribution in [2.45, 2.75) is 56.8 Å². The quantitative estimate of drug-likeness (QED) is 0.442. The average Bonchev–Trinajstić information content (AvgIpc) is 3.19. The van der Waals surface area contributed by atoms with Crippen LogP contribution >= 0.6 is 0 Å². The zero-order valence-corrected chi connectivity index (χ0v) is 20.4. The van der Waals surface area contributed by atoms with Crippen LogP contribution in [0.4, 0.5) is 10.1 Å². The van der Waals surface area contributed by atoms with E-state index in [4.69, 9.17) is 9.47 Å². The molecule has 1 saturated heterocycles. The maximum Gasteiger partial charge on any atom is 0.338 e. The second-order valence-corrected chi connectivity index (χ2v) is 10.5. The van der Waals surface area contributed by atoms with Crippen LogP contribution < -0.4 is 5.32 Å². The summed E-state index contributed by atoms with van der Waals surface area (Å²) >= 11 is 0. The minimum Gasteiger partial charge on any atom is -0.508 e. The Balaban J connectivity index is 1.46. The van der Waals surface area contributed by atoms with E-state index in [1.54, 1.807) is 25.1 Å². The molecule has 2 unspecified atom stereocenters. The third kappa shape index (κ3) is 4.13. The van der Waals surface area contributed by atoms with Crippen molar-refractivity contribution < 1.29 is 28.6 Å². The number of phenols is 1. The summed E-state index contributed by atoms with van der Waals surface area (Å²) in [6.45, 7) is 6.02. The molecule has 2 aliphatic heterocycles. The SMILES string of the molecule is CC(C)(CC1(C(=O)Nc2ccc3c(c2)COC3=O)CC(C)(c2cc(F)ccc2O)O1)c1ccccc1. The predicted octanol–water partition coefficient (Wildman–Crippen LogP) is 5.58. The van der Waals surface area contributed by atoms with Crippen LogP contribution in [0.2, 0.25) is 0 Å². The van der Waals surface area contributed by atoms with Gasteiger partial charge in [0, 0.05) is 23.2 Å². The van der Waals surface area contributed by atoms with Crippen molar-refractivity contribution in [1.82, 2.24) is 0 Å². The number of carbonyl (C=O) groups excluding carboxylic acids is 2. The minimum absolute atomic E-state index is 0.0847. The molecule has 5 rings (SSSR count). The van der Waals surface area contributed by atoms with Gasteiger partial charge in [-0.15, -0.1) is 0 Å². The number of rotatable bonds is 6. The molecular formula is C29H28FNO5. The molecule has 2 aliphatic rings. The van der Waals surface area contributed by atoms with Crippen LogP contribution in [0.25, 0.3) is 0 Å². The summed E-state index contributed by atoms with van der Waals surface area (Å²) in [5, 5.41) is 13.4. The molecule has 0 saturated carbocycles. The van der Waals surface area contributed by atoms with Gasteiger partial charge in [-0.25, -0.2) is 9.18 Å². The molecule has 2 atom stereocenters. The van der Waals surface area contributed by atoms with Crippen LogP contribution in [0, 0.1) is 5.82 Å². The molecular weight excluding hydrogens is 461 g/mol. The molecule has 0 bridgehead atoms. The van der Waals surface area contributed by atoms with Crippen LogP contribution in [0.5, 0.6) is 5.75 Å². The van der Waals surface area contributed by atoms with Gasteiger partial charge >= 0.3 is 5.97 Å². The maximum atomic E-state index is 14.0. The Bertz CT molecular complexity index is 1350. The number of esters is 1. The summed E-state index contributed by atoms with van der Waals surface area (Å²) in [4.78, 5) is 25.6. The molecule has 1 fully saturated rings. The first-order valence-corrected chi connectivity index (χ1v) is 11.9. The summed E-state index contributed by atoms with van der Waals surface area (Å²) in [6.07, 6.45) is 0.597. The number of hydrogen-bond acceptors (Lipinski definition) is 5. The monoisotopic (exact) mass is 489 g/mol. The highest BCUT2D eigenvalue weighted by atomic mass is 19.1. The Hall–Kier alpha value is -3.71. The van der Waals surface area contributed by atoms with Crippen LogP contribution in [0.15, 0.2) is 66.7 Å². The molecule has 186 valence electrons. The Kier molecular flexibility index (Phi) is 5.63. The van der Waals surface area contributed by atoms with E-state index in [9.17, 15) is 19.1 Å². The smallest absolute Gasteiger partial charge is 0.338 e. The van der Waals surface area contributed by atoms with Crippen molar-refractivity contribution in [3.05, 3.63) is 94.8 Å². The molecule has 0 spiro atoms. The first kappa shape index (κ1) is 24.0. The zero-order valence-electron chi connectivity index (χ0n) is 20.4. The van der Waals surface area contributed by atoms with Gasteiger partial charge < -0.3 is 19.9 Å². The van der Waals surface area contributed by atoms with E-state index in [0.29, 0.717) is 28.8 Å². The van der Waals surface area contributed by atoms with E-state index < -0.39 is 22.4 Å². The van der Waals surface area contributed by atoms with E-state index in [-0.39, 0.29) is 30.7 Å². The lowest BCUT2D eigenvalue weighted by Crippen LogP contribution is -2.64. The van der Waals surface area contributed by atoms with Crippen LogP contribution in [0.3, 0.4) is 0 Å². The number of aromatic hydroxyl groups is 1. The van der Waals surface area contributed by atoms with Crippen molar-refractivity contribution in [3.63, 3.8) is 0 Å². The fraction of sp³-hybridized carbons (Fsp3) is 0.310. The third-order valence-electron chi connectivity index (χ3n) is 7.21. The van der Waals surface area contributed by atoms with Gasteiger partial charge in [-0.2, -0.15) is 0 Å². The lowest BCUT2D eigenvalue weighted by Gasteiger charge is -2.55. The molecule has 7 heteroatoms. The molecule has 36 heavy (non-hydrogen) atoms. The van der Waals surface area contributed by atoms with E-state index >= 15 is 0 Å². The fourth-order valence-electron chi connectivity index (χ4n) is 5.52. The fourth-order valence-corrected chi connectivity index (χ4v) is 5.52. The standard InChI is InChI=1S/C29H28FNO5/c1-27(2,19-7-5-4-6-8-19)16-29(17-28(3,36-29)23-14-20(30)9-12-24(23)32)26(34)31-21-10-11-22-18(13-21)15-35-25(22)33/h4-14,32H,15-17H2,1-3H3,(H,31,34). The second-order valence-electron chi connectivity index (χ2n) is 10.5. The number of nitrogens with one attached hydrogen (secondary N) is 1. The lowest BCUT2D eigenvalue weighted by molar-refractivity contribution is -0.265. The first-order chi connectivity index (χ1) is 17.0. The number of cyclic esters (lactones) is 1. The number of ether oxygens (including phenoxy) is 2. The maximum absolute atomic E-state index is 14.0. The van der Waals surface area contributed by atoms with Gasteiger partial charge in [-0.05, 0) is 60.7 Å². The van der Waals surface area contributed by atoms with E-state index in [1.165, 1.54) is 18.2 Å².